The molecular formula is C16H16N4O3S. The van der Waals surface area contributed by atoms with Gasteiger partial charge in [0, 0.05) is 28.8 Å². The van der Waals surface area contributed by atoms with Crippen LogP contribution in [0.1, 0.15) is 0 Å². The fourth-order valence-electron chi connectivity index (χ4n) is 2.25. The maximum Gasteiger partial charge on any atom is 0.323 e. The Labute approximate surface area is 139 Å². The van der Waals surface area contributed by atoms with Crippen molar-refractivity contribution < 1.29 is 13.2 Å². The van der Waals surface area contributed by atoms with Crippen molar-refractivity contribution in [2.75, 3.05) is 21.6 Å². The van der Waals surface area contributed by atoms with Crippen LogP contribution in [0.15, 0.2) is 54.7 Å². The van der Waals surface area contributed by atoms with Gasteiger partial charge in [-0.1, -0.05) is 6.07 Å². The molecule has 0 aliphatic rings. The standard InChI is InChI=1S/C16H16N4O3S/c1-24(22,23)20-13-6-4-12(5-7-13)18-16(21)19-14-3-2-11-8-9-17-15(11)10-14/h2-10,17,20H,1H3,(H2,18,19,21). The molecule has 2 amide bonds. The Balaban J connectivity index is 1.63. The Kier molecular flexibility index (Phi) is 4.13. The van der Waals surface area contributed by atoms with E-state index in [0.29, 0.717) is 17.1 Å². The molecule has 1 aromatic heterocycles. The molecule has 0 fully saturated rings. The summed E-state index contributed by atoms with van der Waals surface area (Å²) in [5, 5.41) is 6.49. The maximum atomic E-state index is 12.0. The van der Waals surface area contributed by atoms with Gasteiger partial charge >= 0.3 is 6.03 Å². The predicted molar refractivity (Wildman–Crippen MR) is 95.8 cm³/mol. The molecule has 0 spiro atoms. The number of amides is 2. The fourth-order valence-corrected chi connectivity index (χ4v) is 2.82. The summed E-state index contributed by atoms with van der Waals surface area (Å²) in [6.45, 7) is 0. The summed E-state index contributed by atoms with van der Waals surface area (Å²) in [5.74, 6) is 0. The first kappa shape index (κ1) is 15.9. The van der Waals surface area contributed by atoms with E-state index in [1.54, 1.807) is 24.3 Å². The van der Waals surface area contributed by atoms with Crippen LogP contribution < -0.4 is 15.4 Å². The summed E-state index contributed by atoms with van der Waals surface area (Å²) in [6, 6.07) is 13.5. The number of nitrogens with one attached hydrogen (secondary N) is 4. The van der Waals surface area contributed by atoms with E-state index in [1.807, 2.05) is 30.5 Å². The van der Waals surface area contributed by atoms with E-state index in [2.05, 4.69) is 20.3 Å². The number of fused-ring (bicyclic) bond motifs is 1. The van der Waals surface area contributed by atoms with Crippen molar-refractivity contribution in [2.24, 2.45) is 0 Å². The second-order valence-corrected chi connectivity index (χ2v) is 7.06. The topological polar surface area (TPSA) is 103 Å². The third-order valence-electron chi connectivity index (χ3n) is 3.26. The summed E-state index contributed by atoms with van der Waals surface area (Å²) >= 11 is 0. The van der Waals surface area contributed by atoms with E-state index >= 15 is 0 Å². The second kappa shape index (κ2) is 6.25. The number of H-pyrrole nitrogens is 1. The van der Waals surface area contributed by atoms with E-state index < -0.39 is 10.0 Å². The average Bonchev–Trinajstić information content (AvgIpc) is 2.95. The van der Waals surface area contributed by atoms with Crippen LogP contribution in [0.5, 0.6) is 0 Å². The van der Waals surface area contributed by atoms with Crippen molar-refractivity contribution in [1.29, 1.82) is 0 Å². The number of sulfonamides is 1. The first-order valence-corrected chi connectivity index (χ1v) is 9.01. The van der Waals surface area contributed by atoms with Crippen LogP contribution in [0.3, 0.4) is 0 Å². The minimum atomic E-state index is -3.32. The Morgan fingerprint density at radius 3 is 2.25 bits per heavy atom. The van der Waals surface area contributed by atoms with Crippen LogP contribution in [0.25, 0.3) is 10.9 Å². The predicted octanol–water partition coefficient (Wildman–Crippen LogP) is 3.18. The van der Waals surface area contributed by atoms with Crippen LogP contribution in [-0.2, 0) is 10.0 Å². The lowest BCUT2D eigenvalue weighted by molar-refractivity contribution is 0.262. The summed E-state index contributed by atoms with van der Waals surface area (Å²) in [7, 11) is -3.32. The first-order chi connectivity index (χ1) is 11.4. The third-order valence-corrected chi connectivity index (χ3v) is 3.87. The Bertz CT molecular complexity index is 978. The average molecular weight is 344 g/mol. The van der Waals surface area contributed by atoms with Gasteiger partial charge in [-0.2, -0.15) is 0 Å². The highest BCUT2D eigenvalue weighted by Gasteiger charge is 2.05. The zero-order valence-corrected chi connectivity index (χ0v) is 13.6. The minimum Gasteiger partial charge on any atom is -0.361 e. The molecule has 3 rings (SSSR count). The molecule has 124 valence electrons. The van der Waals surface area contributed by atoms with Gasteiger partial charge in [0.1, 0.15) is 0 Å². The molecule has 8 heteroatoms. The Morgan fingerprint density at radius 1 is 0.917 bits per heavy atom. The lowest BCUT2D eigenvalue weighted by atomic mass is 10.2. The fraction of sp³-hybridized carbons (Fsp3) is 0.0625. The number of carbonyl (C=O) groups excluding carboxylic acids is 1. The van der Waals surface area contributed by atoms with Crippen molar-refractivity contribution in [3.63, 3.8) is 0 Å². The van der Waals surface area contributed by atoms with Crippen molar-refractivity contribution in [3.8, 4) is 0 Å². The van der Waals surface area contributed by atoms with Gasteiger partial charge in [0.05, 0.1) is 6.26 Å². The molecule has 2 aromatic carbocycles. The third kappa shape index (κ3) is 4.05. The summed E-state index contributed by atoms with van der Waals surface area (Å²) < 4.78 is 24.6. The van der Waals surface area contributed by atoms with Crippen molar-refractivity contribution >= 4 is 44.0 Å². The smallest absolute Gasteiger partial charge is 0.323 e. The van der Waals surface area contributed by atoms with Gasteiger partial charge in [0.25, 0.3) is 0 Å². The lowest BCUT2D eigenvalue weighted by Crippen LogP contribution is -2.19. The highest BCUT2D eigenvalue weighted by Crippen LogP contribution is 2.18. The normalized spacial score (nSPS) is 11.2. The highest BCUT2D eigenvalue weighted by molar-refractivity contribution is 7.92. The SMILES string of the molecule is CS(=O)(=O)Nc1ccc(NC(=O)Nc2ccc3cc[nH]c3c2)cc1. The largest absolute Gasteiger partial charge is 0.361 e. The van der Waals surface area contributed by atoms with E-state index in [9.17, 15) is 13.2 Å². The van der Waals surface area contributed by atoms with Gasteiger partial charge in [-0.05, 0) is 47.9 Å². The molecule has 4 N–H and O–H groups in total. The van der Waals surface area contributed by atoms with Gasteiger partial charge in [-0.3, -0.25) is 4.72 Å². The molecule has 0 bridgehead atoms. The van der Waals surface area contributed by atoms with Crippen LogP contribution >= 0.6 is 0 Å². The number of rotatable bonds is 4. The monoisotopic (exact) mass is 344 g/mol. The van der Waals surface area contributed by atoms with Crippen LogP contribution in [0, 0.1) is 0 Å². The van der Waals surface area contributed by atoms with E-state index in [0.717, 1.165) is 17.2 Å². The number of aromatic nitrogens is 1. The number of hydrogen-bond acceptors (Lipinski definition) is 3. The van der Waals surface area contributed by atoms with E-state index in [4.69, 9.17) is 0 Å². The Morgan fingerprint density at radius 2 is 1.54 bits per heavy atom. The quantitative estimate of drug-likeness (QED) is 0.584. The number of urea groups is 1. The molecule has 0 unspecified atom stereocenters. The molecule has 3 aromatic rings. The molecule has 7 nitrogen and oxygen atoms in total. The number of aromatic amines is 1. The number of benzene rings is 2. The van der Waals surface area contributed by atoms with Crippen LogP contribution in [-0.4, -0.2) is 25.7 Å². The van der Waals surface area contributed by atoms with Crippen molar-refractivity contribution in [2.45, 2.75) is 0 Å². The molecule has 0 atom stereocenters. The number of anilines is 3. The molecule has 0 aliphatic heterocycles. The highest BCUT2D eigenvalue weighted by atomic mass is 32.2. The Hall–Kier alpha value is -3.00. The first-order valence-electron chi connectivity index (χ1n) is 7.12. The molecule has 0 radical (unpaired) electrons. The van der Waals surface area contributed by atoms with Gasteiger partial charge in [0.2, 0.25) is 10.0 Å². The minimum absolute atomic E-state index is 0.385. The molecule has 24 heavy (non-hydrogen) atoms. The van der Waals surface area contributed by atoms with Gasteiger partial charge in [-0.25, -0.2) is 13.2 Å². The lowest BCUT2D eigenvalue weighted by Gasteiger charge is -2.09. The van der Waals surface area contributed by atoms with Gasteiger partial charge < -0.3 is 15.6 Å². The number of hydrogen-bond donors (Lipinski definition) is 4. The molecule has 1 heterocycles. The molecule has 0 aliphatic carbocycles. The summed E-state index contributed by atoms with van der Waals surface area (Å²) in [4.78, 5) is 15.1. The van der Waals surface area contributed by atoms with Gasteiger partial charge in [0.15, 0.2) is 0 Å². The van der Waals surface area contributed by atoms with E-state index in [-0.39, 0.29) is 6.03 Å². The van der Waals surface area contributed by atoms with Gasteiger partial charge in [-0.15, -0.1) is 0 Å². The number of carbonyl (C=O) groups is 1. The van der Waals surface area contributed by atoms with Crippen molar-refractivity contribution in [3.05, 3.63) is 54.7 Å². The van der Waals surface area contributed by atoms with Crippen LogP contribution in [0.2, 0.25) is 0 Å². The zero-order chi connectivity index (χ0) is 17.2. The van der Waals surface area contributed by atoms with Crippen molar-refractivity contribution in [1.82, 2.24) is 4.98 Å². The summed E-state index contributed by atoms with van der Waals surface area (Å²) in [6.07, 6.45) is 2.91. The molecule has 0 saturated carbocycles. The molecular weight excluding hydrogens is 328 g/mol. The summed E-state index contributed by atoms with van der Waals surface area (Å²) in [5.41, 5.74) is 2.58. The van der Waals surface area contributed by atoms with E-state index in [1.165, 1.54) is 0 Å². The molecule has 0 saturated heterocycles. The van der Waals surface area contributed by atoms with Crippen LogP contribution in [0.4, 0.5) is 21.9 Å². The zero-order valence-electron chi connectivity index (χ0n) is 12.8. The second-order valence-electron chi connectivity index (χ2n) is 5.31. The maximum absolute atomic E-state index is 12.0.